The summed E-state index contributed by atoms with van der Waals surface area (Å²) in [5.41, 5.74) is 3.96. The Morgan fingerprint density at radius 1 is 0.962 bits per heavy atom. The maximum atomic E-state index is 13.7. The van der Waals surface area contributed by atoms with E-state index in [1.54, 1.807) is 26.4 Å². The first-order valence-electron chi connectivity index (χ1n) is 8.34. The van der Waals surface area contributed by atoms with Gasteiger partial charge in [0, 0.05) is 29.8 Å². The molecule has 1 N–H and O–H groups in total. The van der Waals surface area contributed by atoms with Gasteiger partial charge in [0.05, 0.1) is 30.9 Å². The van der Waals surface area contributed by atoms with Gasteiger partial charge < -0.3 is 19.2 Å². The second-order valence-electron chi connectivity index (χ2n) is 6.06. The minimum atomic E-state index is -0.244. The number of nitrogens with one attached hydrogen (secondary N) is 1. The maximum absolute atomic E-state index is 13.7. The molecule has 0 bridgehead atoms. The number of aromatic nitrogens is 1. The molecule has 0 saturated carbocycles. The van der Waals surface area contributed by atoms with Crippen LogP contribution in [0, 0.1) is 5.82 Å². The summed E-state index contributed by atoms with van der Waals surface area (Å²) in [5.74, 6) is 1.27. The minimum Gasteiger partial charge on any atom is -0.497 e. The van der Waals surface area contributed by atoms with Crippen LogP contribution in [-0.4, -0.2) is 18.6 Å². The molecule has 0 saturated heterocycles. The van der Waals surface area contributed by atoms with E-state index in [0.717, 1.165) is 39.2 Å². The standard InChI is InChI=1S/C21H19FN2O2/c1-25-17-7-5-14(21(12-17)26-2)13-23-18-11-15-10-16(22)6-8-19(15)24-9-3-4-20(18)24/h3-12,23H,13H2,1-2H3. The predicted octanol–water partition coefficient (Wildman–Crippen LogP) is 4.86. The second-order valence-corrected chi connectivity index (χ2v) is 6.06. The number of pyridine rings is 1. The Morgan fingerprint density at radius 3 is 2.65 bits per heavy atom. The number of benzene rings is 2. The van der Waals surface area contributed by atoms with E-state index >= 15 is 0 Å². The molecule has 0 fully saturated rings. The van der Waals surface area contributed by atoms with Gasteiger partial charge >= 0.3 is 0 Å². The fourth-order valence-electron chi connectivity index (χ4n) is 3.23. The fourth-order valence-corrected chi connectivity index (χ4v) is 3.23. The summed E-state index contributed by atoms with van der Waals surface area (Å²) in [4.78, 5) is 0. The average molecular weight is 350 g/mol. The number of anilines is 1. The summed E-state index contributed by atoms with van der Waals surface area (Å²) in [6.45, 7) is 0.578. The first-order chi connectivity index (χ1) is 12.7. The van der Waals surface area contributed by atoms with Gasteiger partial charge in [0.2, 0.25) is 0 Å². The average Bonchev–Trinajstić information content (AvgIpc) is 3.15. The molecule has 0 aliphatic heterocycles. The van der Waals surface area contributed by atoms with Crippen LogP contribution in [0.2, 0.25) is 0 Å². The Bertz CT molecular complexity index is 1090. The minimum absolute atomic E-state index is 0.244. The first-order valence-corrected chi connectivity index (χ1v) is 8.34. The summed E-state index contributed by atoms with van der Waals surface area (Å²) < 4.78 is 26.4. The van der Waals surface area contributed by atoms with E-state index in [9.17, 15) is 4.39 Å². The number of rotatable bonds is 5. The maximum Gasteiger partial charge on any atom is 0.127 e. The van der Waals surface area contributed by atoms with Gasteiger partial charge in [0.25, 0.3) is 0 Å². The highest BCUT2D eigenvalue weighted by atomic mass is 19.1. The van der Waals surface area contributed by atoms with Crippen LogP contribution in [-0.2, 0) is 6.54 Å². The Hall–Kier alpha value is -3.21. The van der Waals surface area contributed by atoms with Crippen LogP contribution in [0.4, 0.5) is 10.1 Å². The summed E-state index contributed by atoms with van der Waals surface area (Å²) in [5, 5.41) is 4.30. The van der Waals surface area contributed by atoms with Crippen molar-refractivity contribution in [2.24, 2.45) is 0 Å². The zero-order chi connectivity index (χ0) is 18.1. The normalized spacial score (nSPS) is 11.0. The molecular weight excluding hydrogens is 331 g/mol. The van der Waals surface area contributed by atoms with E-state index in [2.05, 4.69) is 9.72 Å². The van der Waals surface area contributed by atoms with Crippen molar-refractivity contribution in [2.75, 3.05) is 19.5 Å². The molecular formula is C21H19FN2O2. The third-order valence-corrected chi connectivity index (χ3v) is 4.54. The lowest BCUT2D eigenvalue weighted by atomic mass is 10.1. The topological polar surface area (TPSA) is 34.9 Å². The molecule has 0 unspecified atom stereocenters. The molecule has 2 aromatic carbocycles. The monoisotopic (exact) mass is 350 g/mol. The Labute approximate surface area is 150 Å². The summed E-state index contributed by atoms with van der Waals surface area (Å²) in [7, 11) is 3.27. The highest BCUT2D eigenvalue weighted by Gasteiger charge is 2.09. The molecule has 2 heterocycles. The molecule has 132 valence electrons. The summed E-state index contributed by atoms with van der Waals surface area (Å²) >= 11 is 0. The number of hydrogen-bond acceptors (Lipinski definition) is 3. The molecule has 2 aromatic heterocycles. The van der Waals surface area contributed by atoms with Gasteiger partial charge in [-0.2, -0.15) is 0 Å². The largest absolute Gasteiger partial charge is 0.497 e. The number of fused-ring (bicyclic) bond motifs is 3. The van der Waals surface area contributed by atoms with Crippen molar-refractivity contribution in [3.05, 3.63) is 72.2 Å². The van der Waals surface area contributed by atoms with Crippen LogP contribution in [0.5, 0.6) is 11.5 Å². The van der Waals surface area contributed by atoms with Crippen molar-refractivity contribution in [1.29, 1.82) is 0 Å². The predicted molar refractivity (Wildman–Crippen MR) is 102 cm³/mol. The van der Waals surface area contributed by atoms with Crippen molar-refractivity contribution < 1.29 is 13.9 Å². The van der Waals surface area contributed by atoms with Gasteiger partial charge in [-0.3, -0.25) is 0 Å². The number of ether oxygens (including phenoxy) is 2. The van der Waals surface area contributed by atoms with Crippen molar-refractivity contribution in [3.8, 4) is 11.5 Å². The van der Waals surface area contributed by atoms with Crippen LogP contribution >= 0.6 is 0 Å². The zero-order valence-corrected chi connectivity index (χ0v) is 14.6. The lowest BCUT2D eigenvalue weighted by Crippen LogP contribution is -2.04. The van der Waals surface area contributed by atoms with Gasteiger partial charge in [-0.05, 0) is 48.5 Å². The van der Waals surface area contributed by atoms with Crippen molar-refractivity contribution in [2.45, 2.75) is 6.54 Å². The lowest BCUT2D eigenvalue weighted by molar-refractivity contribution is 0.391. The van der Waals surface area contributed by atoms with Crippen molar-refractivity contribution >= 4 is 22.1 Å². The first kappa shape index (κ1) is 16.3. The van der Waals surface area contributed by atoms with Crippen LogP contribution in [0.1, 0.15) is 5.56 Å². The van der Waals surface area contributed by atoms with Crippen molar-refractivity contribution in [3.63, 3.8) is 0 Å². The number of methoxy groups -OCH3 is 2. The van der Waals surface area contributed by atoms with E-state index in [-0.39, 0.29) is 5.82 Å². The molecule has 26 heavy (non-hydrogen) atoms. The second kappa shape index (κ2) is 6.59. The third kappa shape index (κ3) is 2.81. The Morgan fingerprint density at radius 2 is 1.85 bits per heavy atom. The Balaban J connectivity index is 1.72. The zero-order valence-electron chi connectivity index (χ0n) is 14.6. The highest BCUT2D eigenvalue weighted by molar-refractivity contribution is 5.90. The van der Waals surface area contributed by atoms with E-state index < -0.39 is 0 Å². The molecule has 0 atom stereocenters. The number of hydrogen-bond donors (Lipinski definition) is 1. The molecule has 4 nitrogen and oxygen atoms in total. The molecule has 0 aliphatic rings. The van der Waals surface area contributed by atoms with Crippen LogP contribution in [0.15, 0.2) is 60.8 Å². The van der Waals surface area contributed by atoms with E-state index in [1.165, 1.54) is 6.07 Å². The van der Waals surface area contributed by atoms with Gasteiger partial charge in [0.1, 0.15) is 17.3 Å². The highest BCUT2D eigenvalue weighted by Crippen LogP contribution is 2.29. The molecule has 0 amide bonds. The van der Waals surface area contributed by atoms with Crippen LogP contribution in [0.3, 0.4) is 0 Å². The molecule has 4 rings (SSSR count). The van der Waals surface area contributed by atoms with E-state index in [0.29, 0.717) is 6.54 Å². The van der Waals surface area contributed by atoms with E-state index in [4.69, 9.17) is 9.47 Å². The number of nitrogens with zero attached hydrogens (tertiary/aromatic N) is 1. The summed E-state index contributed by atoms with van der Waals surface area (Å²) in [6.07, 6.45) is 1.98. The van der Waals surface area contributed by atoms with Crippen LogP contribution in [0.25, 0.3) is 16.4 Å². The van der Waals surface area contributed by atoms with Gasteiger partial charge in [0.15, 0.2) is 0 Å². The van der Waals surface area contributed by atoms with Crippen LogP contribution < -0.4 is 14.8 Å². The SMILES string of the molecule is COc1ccc(CNc2cc3cc(F)ccc3n3cccc23)c(OC)c1. The lowest BCUT2D eigenvalue weighted by Gasteiger charge is -2.14. The third-order valence-electron chi connectivity index (χ3n) is 4.54. The Kier molecular flexibility index (Phi) is 4.13. The van der Waals surface area contributed by atoms with E-state index in [1.807, 2.05) is 42.6 Å². The van der Waals surface area contributed by atoms with Gasteiger partial charge in [-0.25, -0.2) is 4.39 Å². The molecule has 0 radical (unpaired) electrons. The quantitative estimate of drug-likeness (QED) is 0.558. The van der Waals surface area contributed by atoms with Gasteiger partial charge in [-0.1, -0.05) is 0 Å². The molecule has 0 aliphatic carbocycles. The fraction of sp³-hybridized carbons (Fsp3) is 0.143. The smallest absolute Gasteiger partial charge is 0.127 e. The molecule has 5 heteroatoms. The van der Waals surface area contributed by atoms with Crippen molar-refractivity contribution in [1.82, 2.24) is 4.40 Å². The molecule has 4 aromatic rings. The van der Waals surface area contributed by atoms with Gasteiger partial charge in [-0.15, -0.1) is 0 Å². The number of halogens is 1. The molecule has 0 spiro atoms. The summed E-state index contributed by atoms with van der Waals surface area (Å²) in [6, 6.07) is 16.6.